The smallest absolute Gasteiger partial charge is 0.128 e. The maximum absolute atomic E-state index is 13.4. The number of hydrogen-bond donors (Lipinski definition) is 1. The number of benzene rings is 1. The molecule has 0 saturated carbocycles. The van der Waals surface area contributed by atoms with Crippen LogP contribution in [0.2, 0.25) is 0 Å². The molecule has 0 bridgehead atoms. The average Bonchev–Trinajstić information content (AvgIpc) is 2.34. The van der Waals surface area contributed by atoms with Gasteiger partial charge in [-0.25, -0.2) is 4.39 Å². The molecular weight excluding hydrogens is 217 g/mol. The molecule has 1 aromatic carbocycles. The molecular formula is C14H22FNO. The van der Waals surface area contributed by atoms with Gasteiger partial charge in [-0.05, 0) is 32.5 Å². The van der Waals surface area contributed by atoms with Gasteiger partial charge in [0.15, 0.2) is 0 Å². The lowest BCUT2D eigenvalue weighted by Gasteiger charge is -2.18. The van der Waals surface area contributed by atoms with Crippen LogP contribution in [0.15, 0.2) is 24.3 Å². The van der Waals surface area contributed by atoms with Gasteiger partial charge in [-0.2, -0.15) is 0 Å². The molecule has 1 N–H and O–H groups in total. The van der Waals surface area contributed by atoms with Gasteiger partial charge in [0.1, 0.15) is 5.82 Å². The molecule has 3 heteroatoms. The molecule has 0 aliphatic heterocycles. The van der Waals surface area contributed by atoms with E-state index in [1.54, 1.807) is 18.2 Å². The Morgan fingerprint density at radius 1 is 1.29 bits per heavy atom. The number of rotatable bonds is 7. The van der Waals surface area contributed by atoms with Gasteiger partial charge in [0, 0.05) is 12.1 Å². The zero-order chi connectivity index (χ0) is 12.7. The Balaban J connectivity index is 2.39. The largest absolute Gasteiger partial charge is 0.388 e. The fourth-order valence-electron chi connectivity index (χ4n) is 1.78. The van der Waals surface area contributed by atoms with Crippen LogP contribution >= 0.6 is 0 Å². The van der Waals surface area contributed by atoms with Crippen molar-refractivity contribution in [1.29, 1.82) is 0 Å². The second kappa shape index (κ2) is 7.41. The summed E-state index contributed by atoms with van der Waals surface area (Å²) in [5.41, 5.74) is 0.399. The molecule has 0 spiro atoms. The molecule has 0 heterocycles. The summed E-state index contributed by atoms with van der Waals surface area (Å²) in [6.07, 6.45) is 2.19. The van der Waals surface area contributed by atoms with Crippen molar-refractivity contribution in [2.24, 2.45) is 0 Å². The van der Waals surface area contributed by atoms with E-state index in [-0.39, 0.29) is 5.82 Å². The Kier molecular flexibility index (Phi) is 6.16. The first-order chi connectivity index (χ1) is 8.15. The van der Waals surface area contributed by atoms with Crippen molar-refractivity contribution in [3.8, 4) is 0 Å². The molecule has 1 rings (SSSR count). The predicted molar refractivity (Wildman–Crippen MR) is 68.4 cm³/mol. The van der Waals surface area contributed by atoms with E-state index in [0.717, 1.165) is 19.5 Å². The number of aliphatic hydroxyl groups excluding tert-OH is 1. The lowest BCUT2D eigenvalue weighted by atomic mass is 10.1. The first-order valence-electron chi connectivity index (χ1n) is 6.26. The summed E-state index contributed by atoms with van der Waals surface area (Å²) in [7, 11) is 2.03. The fourth-order valence-corrected chi connectivity index (χ4v) is 1.78. The van der Waals surface area contributed by atoms with Gasteiger partial charge in [0.25, 0.3) is 0 Å². The molecule has 0 aliphatic rings. The highest BCUT2D eigenvalue weighted by molar-refractivity contribution is 5.19. The molecule has 1 atom stereocenters. The molecule has 17 heavy (non-hydrogen) atoms. The predicted octanol–water partition coefficient (Wildman–Crippen LogP) is 2.98. The topological polar surface area (TPSA) is 23.5 Å². The summed E-state index contributed by atoms with van der Waals surface area (Å²) in [5, 5.41) is 9.91. The highest BCUT2D eigenvalue weighted by Crippen LogP contribution is 2.19. The molecule has 1 aromatic rings. The van der Waals surface area contributed by atoms with Crippen molar-refractivity contribution in [3.63, 3.8) is 0 Å². The van der Waals surface area contributed by atoms with E-state index in [0.29, 0.717) is 12.0 Å². The van der Waals surface area contributed by atoms with E-state index in [1.807, 2.05) is 7.05 Å². The normalized spacial score (nSPS) is 13.0. The molecule has 0 radical (unpaired) electrons. The molecule has 0 amide bonds. The Labute approximate surface area is 103 Å². The minimum absolute atomic E-state index is 0.323. The average molecular weight is 239 g/mol. The highest BCUT2D eigenvalue weighted by Gasteiger charge is 2.12. The summed E-state index contributed by atoms with van der Waals surface area (Å²) >= 11 is 0. The van der Waals surface area contributed by atoms with E-state index < -0.39 is 6.10 Å². The second-order valence-corrected chi connectivity index (χ2v) is 4.48. The fraction of sp³-hybridized carbons (Fsp3) is 0.571. The lowest BCUT2D eigenvalue weighted by molar-refractivity contribution is 0.145. The van der Waals surface area contributed by atoms with Crippen molar-refractivity contribution in [3.05, 3.63) is 35.6 Å². The maximum atomic E-state index is 13.4. The Morgan fingerprint density at radius 3 is 2.65 bits per heavy atom. The van der Waals surface area contributed by atoms with Crippen LogP contribution in [0, 0.1) is 5.82 Å². The van der Waals surface area contributed by atoms with Crippen LogP contribution < -0.4 is 0 Å². The third-order valence-electron chi connectivity index (χ3n) is 2.94. The first-order valence-corrected chi connectivity index (χ1v) is 6.26. The summed E-state index contributed by atoms with van der Waals surface area (Å²) in [6.45, 7) is 3.97. The van der Waals surface area contributed by atoms with Gasteiger partial charge >= 0.3 is 0 Å². The lowest BCUT2D eigenvalue weighted by Crippen LogP contribution is -2.22. The number of hydrogen-bond acceptors (Lipinski definition) is 2. The van der Waals surface area contributed by atoms with E-state index in [4.69, 9.17) is 0 Å². The summed E-state index contributed by atoms with van der Waals surface area (Å²) in [6, 6.07) is 6.42. The van der Waals surface area contributed by atoms with Crippen LogP contribution in [0.1, 0.15) is 37.9 Å². The molecule has 1 unspecified atom stereocenters. The van der Waals surface area contributed by atoms with Crippen molar-refractivity contribution < 1.29 is 9.50 Å². The van der Waals surface area contributed by atoms with Gasteiger partial charge in [0.2, 0.25) is 0 Å². The summed E-state index contributed by atoms with van der Waals surface area (Å²) in [4.78, 5) is 2.17. The van der Waals surface area contributed by atoms with Crippen LogP contribution in [-0.4, -0.2) is 30.1 Å². The molecule has 0 aromatic heterocycles. The zero-order valence-corrected chi connectivity index (χ0v) is 10.7. The molecule has 96 valence electrons. The minimum Gasteiger partial charge on any atom is -0.388 e. The number of unbranched alkanes of at least 4 members (excludes halogenated alkanes) is 1. The zero-order valence-electron chi connectivity index (χ0n) is 10.7. The van der Waals surface area contributed by atoms with Crippen LogP contribution in [0.25, 0.3) is 0 Å². The molecule has 0 aliphatic carbocycles. The van der Waals surface area contributed by atoms with Gasteiger partial charge in [0.05, 0.1) is 6.10 Å². The third kappa shape index (κ3) is 4.84. The van der Waals surface area contributed by atoms with Crippen molar-refractivity contribution >= 4 is 0 Å². The van der Waals surface area contributed by atoms with Crippen LogP contribution in [0.3, 0.4) is 0 Å². The van der Waals surface area contributed by atoms with Crippen LogP contribution in [0.4, 0.5) is 4.39 Å². The third-order valence-corrected chi connectivity index (χ3v) is 2.94. The Hall–Kier alpha value is -0.930. The van der Waals surface area contributed by atoms with E-state index in [9.17, 15) is 9.50 Å². The summed E-state index contributed by atoms with van der Waals surface area (Å²) in [5.74, 6) is -0.323. The van der Waals surface area contributed by atoms with Crippen molar-refractivity contribution in [1.82, 2.24) is 4.90 Å². The standard InChI is InChI=1S/C14H22FNO/c1-3-4-10-16(2)11-9-14(17)12-7-5-6-8-13(12)15/h5-8,14,17H,3-4,9-11H2,1-2H3. The van der Waals surface area contributed by atoms with Gasteiger partial charge in [-0.15, -0.1) is 0 Å². The van der Waals surface area contributed by atoms with Crippen LogP contribution in [-0.2, 0) is 0 Å². The van der Waals surface area contributed by atoms with E-state index in [2.05, 4.69) is 11.8 Å². The monoisotopic (exact) mass is 239 g/mol. The number of halogens is 1. The van der Waals surface area contributed by atoms with E-state index in [1.165, 1.54) is 12.5 Å². The van der Waals surface area contributed by atoms with Gasteiger partial charge < -0.3 is 10.0 Å². The quantitative estimate of drug-likeness (QED) is 0.790. The van der Waals surface area contributed by atoms with Crippen molar-refractivity contribution in [2.45, 2.75) is 32.3 Å². The minimum atomic E-state index is -0.708. The highest BCUT2D eigenvalue weighted by atomic mass is 19.1. The van der Waals surface area contributed by atoms with Gasteiger partial charge in [-0.3, -0.25) is 0 Å². The summed E-state index contributed by atoms with van der Waals surface area (Å²) < 4.78 is 13.4. The van der Waals surface area contributed by atoms with Crippen molar-refractivity contribution in [2.75, 3.05) is 20.1 Å². The molecule has 0 saturated heterocycles. The Morgan fingerprint density at radius 2 is 2.00 bits per heavy atom. The molecule has 2 nitrogen and oxygen atoms in total. The second-order valence-electron chi connectivity index (χ2n) is 4.48. The van der Waals surface area contributed by atoms with E-state index >= 15 is 0 Å². The number of aliphatic hydroxyl groups is 1. The Bertz CT molecular complexity index is 330. The first kappa shape index (κ1) is 14.1. The SMILES string of the molecule is CCCCN(C)CCC(O)c1ccccc1F. The maximum Gasteiger partial charge on any atom is 0.128 e. The van der Waals surface area contributed by atoms with Gasteiger partial charge in [-0.1, -0.05) is 31.5 Å². The molecule has 0 fully saturated rings. The van der Waals surface area contributed by atoms with Crippen LogP contribution in [0.5, 0.6) is 0 Å². The number of nitrogens with zero attached hydrogens (tertiary/aromatic N) is 1.